The summed E-state index contributed by atoms with van der Waals surface area (Å²) in [4.78, 5) is 16.3. The zero-order valence-electron chi connectivity index (χ0n) is 14.5. The number of carbonyl (C=O) groups excluding carboxylic acids is 1. The third kappa shape index (κ3) is 4.16. The van der Waals surface area contributed by atoms with Crippen molar-refractivity contribution in [3.05, 3.63) is 60.2 Å². The molecule has 0 radical (unpaired) electrons. The average Bonchev–Trinajstić information content (AvgIpc) is 3.45. The fourth-order valence-corrected chi connectivity index (χ4v) is 3.58. The number of rotatable bonds is 7. The van der Waals surface area contributed by atoms with Crippen molar-refractivity contribution in [2.24, 2.45) is 0 Å². The number of benzene rings is 1. The summed E-state index contributed by atoms with van der Waals surface area (Å²) >= 11 is 1.34. The van der Waals surface area contributed by atoms with Gasteiger partial charge in [-0.25, -0.2) is 4.39 Å². The van der Waals surface area contributed by atoms with Crippen LogP contribution >= 0.6 is 11.8 Å². The number of hydrogen-bond acceptors (Lipinski definition) is 5. The van der Waals surface area contributed by atoms with Gasteiger partial charge >= 0.3 is 0 Å². The summed E-state index contributed by atoms with van der Waals surface area (Å²) in [6.07, 6.45) is 5.64. The summed E-state index contributed by atoms with van der Waals surface area (Å²) in [6, 6.07) is 10.6. The van der Waals surface area contributed by atoms with Gasteiger partial charge in [-0.1, -0.05) is 30.0 Å². The minimum absolute atomic E-state index is 0.169. The molecule has 8 heteroatoms. The molecule has 1 aliphatic rings. The lowest BCUT2D eigenvalue weighted by Gasteiger charge is -2.09. The standard InChI is InChI=1S/C19H18FN5OS/c20-16-6-2-1-4-13(16)11-22-17(26)12-27-19-24-23-18(25(19)15-7-8-15)14-5-3-9-21-10-14/h1-6,9-10,15H,7-8,11-12H2,(H,22,26). The Morgan fingerprint density at radius 3 is 2.81 bits per heavy atom. The van der Waals surface area contributed by atoms with E-state index >= 15 is 0 Å². The van der Waals surface area contributed by atoms with Crippen LogP contribution < -0.4 is 5.32 Å². The number of nitrogens with one attached hydrogen (secondary N) is 1. The lowest BCUT2D eigenvalue weighted by molar-refractivity contribution is -0.118. The van der Waals surface area contributed by atoms with E-state index in [4.69, 9.17) is 0 Å². The van der Waals surface area contributed by atoms with Crippen molar-refractivity contribution in [1.82, 2.24) is 25.1 Å². The average molecular weight is 383 g/mol. The molecule has 0 unspecified atom stereocenters. The fourth-order valence-electron chi connectivity index (χ4n) is 2.75. The Hall–Kier alpha value is -2.74. The highest BCUT2D eigenvalue weighted by Gasteiger charge is 2.30. The second kappa shape index (κ2) is 7.87. The molecule has 0 atom stereocenters. The minimum atomic E-state index is -0.319. The van der Waals surface area contributed by atoms with Crippen LogP contribution in [0, 0.1) is 5.82 Å². The molecule has 1 N–H and O–H groups in total. The zero-order valence-corrected chi connectivity index (χ0v) is 15.3. The second-order valence-electron chi connectivity index (χ2n) is 6.31. The van der Waals surface area contributed by atoms with Gasteiger partial charge in [-0.2, -0.15) is 0 Å². The van der Waals surface area contributed by atoms with Gasteiger partial charge in [0, 0.05) is 36.1 Å². The van der Waals surface area contributed by atoms with Crippen LogP contribution in [0.4, 0.5) is 4.39 Å². The molecule has 0 bridgehead atoms. The highest BCUT2D eigenvalue weighted by Crippen LogP contribution is 2.40. The normalized spacial score (nSPS) is 13.5. The third-order valence-corrected chi connectivity index (χ3v) is 5.21. The van der Waals surface area contributed by atoms with Crippen LogP contribution in [0.3, 0.4) is 0 Å². The molecule has 1 saturated carbocycles. The topological polar surface area (TPSA) is 72.7 Å². The maximum absolute atomic E-state index is 13.6. The summed E-state index contributed by atoms with van der Waals surface area (Å²) < 4.78 is 15.7. The first kappa shape index (κ1) is 17.7. The van der Waals surface area contributed by atoms with Crippen LogP contribution in [0.5, 0.6) is 0 Å². The second-order valence-corrected chi connectivity index (χ2v) is 7.25. The summed E-state index contributed by atoms with van der Waals surface area (Å²) in [6.45, 7) is 0.169. The molecule has 1 aromatic carbocycles. The zero-order chi connectivity index (χ0) is 18.6. The monoisotopic (exact) mass is 383 g/mol. The quantitative estimate of drug-likeness (QED) is 0.634. The van der Waals surface area contributed by atoms with E-state index in [9.17, 15) is 9.18 Å². The number of thioether (sulfide) groups is 1. The SMILES string of the molecule is O=C(CSc1nnc(-c2cccnc2)n1C1CC1)NCc1ccccc1F. The van der Waals surface area contributed by atoms with Gasteiger partial charge in [-0.05, 0) is 31.0 Å². The van der Waals surface area contributed by atoms with Gasteiger partial charge in [-0.3, -0.25) is 14.3 Å². The summed E-state index contributed by atoms with van der Waals surface area (Å²) in [5.74, 6) is 0.489. The number of amides is 1. The Kier molecular flexibility index (Phi) is 5.15. The molecule has 4 rings (SSSR count). The van der Waals surface area contributed by atoms with Crippen molar-refractivity contribution in [2.75, 3.05) is 5.75 Å². The third-order valence-electron chi connectivity index (χ3n) is 4.26. The Bertz CT molecular complexity index is 942. The Labute approximate surface area is 160 Å². The van der Waals surface area contributed by atoms with E-state index in [1.54, 1.807) is 30.6 Å². The summed E-state index contributed by atoms with van der Waals surface area (Å²) in [5, 5.41) is 12.0. The predicted octanol–water partition coefficient (Wildman–Crippen LogP) is 3.22. The number of carbonyl (C=O) groups is 1. The predicted molar refractivity (Wildman–Crippen MR) is 100 cm³/mol. The van der Waals surface area contributed by atoms with E-state index in [2.05, 4.69) is 25.1 Å². The minimum Gasteiger partial charge on any atom is -0.351 e. The van der Waals surface area contributed by atoms with Gasteiger partial charge in [0.25, 0.3) is 0 Å². The fraction of sp³-hybridized carbons (Fsp3) is 0.263. The Morgan fingerprint density at radius 1 is 1.22 bits per heavy atom. The molecule has 1 amide bonds. The molecule has 6 nitrogen and oxygen atoms in total. The van der Waals surface area contributed by atoms with Crippen molar-refractivity contribution >= 4 is 17.7 Å². The first-order chi connectivity index (χ1) is 13.2. The number of nitrogens with zero attached hydrogens (tertiary/aromatic N) is 4. The van der Waals surface area contributed by atoms with Gasteiger partial charge in [0.15, 0.2) is 11.0 Å². The molecule has 0 spiro atoms. The Balaban J connectivity index is 1.40. The molecule has 138 valence electrons. The van der Waals surface area contributed by atoms with Gasteiger partial charge in [0.1, 0.15) is 5.82 Å². The smallest absolute Gasteiger partial charge is 0.230 e. The van der Waals surface area contributed by atoms with Crippen LogP contribution in [-0.2, 0) is 11.3 Å². The van der Waals surface area contributed by atoms with Crippen LogP contribution in [0.2, 0.25) is 0 Å². The highest BCUT2D eigenvalue weighted by atomic mass is 32.2. The molecule has 2 heterocycles. The molecule has 1 aliphatic carbocycles. The van der Waals surface area contributed by atoms with E-state index in [1.165, 1.54) is 17.8 Å². The van der Waals surface area contributed by atoms with E-state index in [-0.39, 0.29) is 24.0 Å². The molecular formula is C19H18FN5OS. The molecule has 1 fully saturated rings. The van der Waals surface area contributed by atoms with Gasteiger partial charge in [-0.15, -0.1) is 10.2 Å². The maximum Gasteiger partial charge on any atom is 0.230 e. The number of aromatic nitrogens is 4. The van der Waals surface area contributed by atoms with Crippen molar-refractivity contribution in [3.63, 3.8) is 0 Å². The van der Waals surface area contributed by atoms with E-state index in [1.807, 2.05) is 12.1 Å². The van der Waals surface area contributed by atoms with Crippen molar-refractivity contribution in [1.29, 1.82) is 0 Å². The van der Waals surface area contributed by atoms with Crippen LogP contribution in [-0.4, -0.2) is 31.4 Å². The molecule has 0 aliphatic heterocycles. The van der Waals surface area contributed by atoms with E-state index in [0.29, 0.717) is 11.6 Å². The molecule has 3 aromatic rings. The molecular weight excluding hydrogens is 365 g/mol. The lowest BCUT2D eigenvalue weighted by Crippen LogP contribution is -2.25. The van der Waals surface area contributed by atoms with Crippen molar-refractivity contribution in [2.45, 2.75) is 30.6 Å². The molecule has 27 heavy (non-hydrogen) atoms. The lowest BCUT2D eigenvalue weighted by atomic mass is 10.2. The molecule has 2 aromatic heterocycles. The Morgan fingerprint density at radius 2 is 2.07 bits per heavy atom. The van der Waals surface area contributed by atoms with E-state index in [0.717, 1.165) is 29.4 Å². The highest BCUT2D eigenvalue weighted by molar-refractivity contribution is 7.99. The van der Waals surface area contributed by atoms with Crippen LogP contribution in [0.15, 0.2) is 53.9 Å². The number of hydrogen-bond donors (Lipinski definition) is 1. The number of halogens is 1. The van der Waals surface area contributed by atoms with Gasteiger partial charge in [0.05, 0.1) is 5.75 Å². The summed E-state index contributed by atoms with van der Waals surface area (Å²) in [7, 11) is 0. The number of pyridine rings is 1. The largest absolute Gasteiger partial charge is 0.351 e. The van der Waals surface area contributed by atoms with E-state index < -0.39 is 0 Å². The van der Waals surface area contributed by atoms with Crippen molar-refractivity contribution in [3.8, 4) is 11.4 Å². The van der Waals surface area contributed by atoms with Gasteiger partial charge in [0.2, 0.25) is 5.91 Å². The molecule has 0 saturated heterocycles. The maximum atomic E-state index is 13.6. The first-order valence-corrected chi connectivity index (χ1v) is 9.69. The van der Waals surface area contributed by atoms with Crippen LogP contribution in [0.1, 0.15) is 24.4 Å². The van der Waals surface area contributed by atoms with Gasteiger partial charge < -0.3 is 5.32 Å². The first-order valence-electron chi connectivity index (χ1n) is 8.70. The van der Waals surface area contributed by atoms with Crippen molar-refractivity contribution < 1.29 is 9.18 Å². The summed E-state index contributed by atoms with van der Waals surface area (Å²) in [5.41, 5.74) is 1.38. The van der Waals surface area contributed by atoms with Crippen LogP contribution in [0.25, 0.3) is 11.4 Å².